The van der Waals surface area contributed by atoms with E-state index in [0.717, 1.165) is 25.1 Å². The van der Waals surface area contributed by atoms with Crippen molar-refractivity contribution in [2.45, 2.75) is 38.1 Å². The van der Waals surface area contributed by atoms with E-state index in [1.165, 1.54) is 11.1 Å². The summed E-state index contributed by atoms with van der Waals surface area (Å²) < 4.78 is 5.30. The monoisotopic (exact) mass is 243 g/mol. The number of rotatable bonds is 3. The second kappa shape index (κ2) is 4.21. The second-order valence-electron chi connectivity index (χ2n) is 5.13. The zero-order valence-corrected chi connectivity index (χ0v) is 10.5. The predicted octanol–water partition coefficient (Wildman–Crippen LogP) is 2.31. The number of hydrogen-bond donors (Lipinski definition) is 1. The van der Waals surface area contributed by atoms with Crippen molar-refractivity contribution in [3.8, 4) is 0 Å². The summed E-state index contributed by atoms with van der Waals surface area (Å²) in [6.07, 6.45) is 3.73. The van der Waals surface area contributed by atoms with Gasteiger partial charge >= 0.3 is 0 Å². The Hall–Kier alpha value is -1.68. The highest BCUT2D eigenvalue weighted by molar-refractivity contribution is 5.28. The van der Waals surface area contributed by atoms with Gasteiger partial charge in [0.1, 0.15) is 0 Å². The van der Waals surface area contributed by atoms with E-state index < -0.39 is 0 Å². The minimum Gasteiger partial charge on any atom is -0.337 e. The Bertz CT molecular complexity index is 558. The van der Waals surface area contributed by atoms with Crippen molar-refractivity contribution in [1.29, 1.82) is 0 Å². The molecule has 4 nitrogen and oxygen atoms in total. The first-order valence-corrected chi connectivity index (χ1v) is 6.34. The van der Waals surface area contributed by atoms with Gasteiger partial charge in [-0.05, 0) is 37.3 Å². The van der Waals surface area contributed by atoms with Gasteiger partial charge in [0.05, 0.1) is 5.54 Å². The molecule has 2 aromatic rings. The molecule has 0 spiro atoms. The van der Waals surface area contributed by atoms with Gasteiger partial charge in [-0.15, -0.1) is 0 Å². The molecule has 3 rings (SSSR count). The second-order valence-corrected chi connectivity index (χ2v) is 5.13. The van der Waals surface area contributed by atoms with Crippen LogP contribution in [0.3, 0.4) is 0 Å². The van der Waals surface area contributed by atoms with Crippen molar-refractivity contribution in [1.82, 2.24) is 10.1 Å². The number of aryl methyl sites for hydroxylation is 1. The lowest BCUT2D eigenvalue weighted by Crippen LogP contribution is -2.43. The van der Waals surface area contributed by atoms with Gasteiger partial charge in [-0.2, -0.15) is 4.98 Å². The van der Waals surface area contributed by atoms with E-state index >= 15 is 0 Å². The van der Waals surface area contributed by atoms with Crippen LogP contribution >= 0.6 is 0 Å². The van der Waals surface area contributed by atoms with E-state index in [2.05, 4.69) is 29.2 Å². The Morgan fingerprint density at radius 2 is 2.11 bits per heavy atom. The molecule has 1 saturated carbocycles. The van der Waals surface area contributed by atoms with Crippen LogP contribution in [0.5, 0.6) is 0 Å². The molecule has 0 saturated heterocycles. The van der Waals surface area contributed by atoms with Gasteiger partial charge in [-0.1, -0.05) is 29.4 Å². The molecule has 0 radical (unpaired) electrons. The van der Waals surface area contributed by atoms with Gasteiger partial charge in [0.2, 0.25) is 5.89 Å². The molecule has 4 heteroatoms. The molecule has 1 aromatic carbocycles. The van der Waals surface area contributed by atoms with Gasteiger partial charge in [0.25, 0.3) is 0 Å². The average Bonchev–Trinajstić information content (AvgIpc) is 2.78. The first-order chi connectivity index (χ1) is 8.67. The lowest BCUT2D eigenvalue weighted by molar-refractivity contribution is 0.181. The van der Waals surface area contributed by atoms with Crippen LogP contribution in [0, 0.1) is 6.92 Å². The van der Waals surface area contributed by atoms with Crippen LogP contribution in [0.4, 0.5) is 0 Å². The zero-order chi connectivity index (χ0) is 12.6. The maximum Gasteiger partial charge on any atom is 0.246 e. The Balaban J connectivity index is 1.80. The lowest BCUT2D eigenvalue weighted by Gasteiger charge is -2.33. The summed E-state index contributed by atoms with van der Waals surface area (Å²) in [7, 11) is 0. The number of hydrogen-bond acceptors (Lipinski definition) is 4. The molecular weight excluding hydrogens is 226 g/mol. The Morgan fingerprint density at radius 3 is 2.78 bits per heavy atom. The van der Waals surface area contributed by atoms with Crippen molar-refractivity contribution in [2.75, 3.05) is 0 Å². The molecule has 0 aliphatic heterocycles. The van der Waals surface area contributed by atoms with E-state index in [0.29, 0.717) is 12.3 Å². The predicted molar refractivity (Wildman–Crippen MR) is 68.0 cm³/mol. The lowest BCUT2D eigenvalue weighted by atomic mass is 9.78. The van der Waals surface area contributed by atoms with Gasteiger partial charge in [-0.3, -0.25) is 0 Å². The van der Waals surface area contributed by atoms with E-state index in [4.69, 9.17) is 10.3 Å². The molecule has 1 aromatic heterocycles. The maximum absolute atomic E-state index is 6.16. The Morgan fingerprint density at radius 1 is 1.33 bits per heavy atom. The Labute approximate surface area is 106 Å². The summed E-state index contributed by atoms with van der Waals surface area (Å²) in [5.74, 6) is 1.31. The highest BCUT2D eigenvalue weighted by Crippen LogP contribution is 2.37. The standard InChI is InChI=1S/C14H17N3O/c1-10-5-2-3-6-11(10)9-12-16-13(18-17-12)14(15)7-4-8-14/h2-3,5-6H,4,7-9,15H2,1H3. The SMILES string of the molecule is Cc1ccccc1Cc1noc(C2(N)CCC2)n1. The van der Waals surface area contributed by atoms with Crippen molar-refractivity contribution in [3.63, 3.8) is 0 Å². The highest BCUT2D eigenvalue weighted by Gasteiger charge is 2.39. The molecule has 1 heterocycles. The minimum atomic E-state index is -0.364. The normalized spacial score (nSPS) is 17.4. The first kappa shape index (κ1) is 11.4. The van der Waals surface area contributed by atoms with Crippen LogP contribution in [-0.2, 0) is 12.0 Å². The quantitative estimate of drug-likeness (QED) is 0.898. The number of nitrogens with zero attached hydrogens (tertiary/aromatic N) is 2. The molecule has 2 N–H and O–H groups in total. The highest BCUT2D eigenvalue weighted by atomic mass is 16.5. The molecule has 0 unspecified atom stereocenters. The molecule has 0 atom stereocenters. The summed E-state index contributed by atoms with van der Waals surface area (Å²) >= 11 is 0. The fraction of sp³-hybridized carbons (Fsp3) is 0.429. The maximum atomic E-state index is 6.16. The smallest absolute Gasteiger partial charge is 0.246 e. The summed E-state index contributed by atoms with van der Waals surface area (Å²) in [4.78, 5) is 4.44. The van der Waals surface area contributed by atoms with E-state index in [1.54, 1.807) is 0 Å². The van der Waals surface area contributed by atoms with Crippen molar-refractivity contribution >= 4 is 0 Å². The van der Waals surface area contributed by atoms with Crippen LogP contribution in [0.15, 0.2) is 28.8 Å². The molecule has 0 amide bonds. The molecule has 18 heavy (non-hydrogen) atoms. The summed E-state index contributed by atoms with van der Waals surface area (Å²) in [5, 5.41) is 4.03. The third-order valence-corrected chi connectivity index (χ3v) is 3.75. The third kappa shape index (κ3) is 1.93. The molecule has 1 aliphatic carbocycles. The fourth-order valence-electron chi connectivity index (χ4n) is 2.28. The Kier molecular flexibility index (Phi) is 2.67. The molecule has 0 bridgehead atoms. The molecule has 1 fully saturated rings. The van der Waals surface area contributed by atoms with E-state index in [1.807, 2.05) is 12.1 Å². The largest absolute Gasteiger partial charge is 0.337 e. The third-order valence-electron chi connectivity index (χ3n) is 3.75. The van der Waals surface area contributed by atoms with Crippen molar-refractivity contribution in [3.05, 3.63) is 47.1 Å². The van der Waals surface area contributed by atoms with Gasteiger partial charge in [0.15, 0.2) is 5.82 Å². The average molecular weight is 243 g/mol. The fourth-order valence-corrected chi connectivity index (χ4v) is 2.28. The van der Waals surface area contributed by atoms with Crippen molar-refractivity contribution < 1.29 is 4.52 Å². The molecule has 94 valence electrons. The van der Waals surface area contributed by atoms with Gasteiger partial charge in [-0.25, -0.2) is 0 Å². The minimum absolute atomic E-state index is 0.364. The van der Waals surface area contributed by atoms with E-state index in [9.17, 15) is 0 Å². The van der Waals surface area contributed by atoms with Crippen molar-refractivity contribution in [2.24, 2.45) is 5.73 Å². The molecular formula is C14H17N3O. The number of aromatic nitrogens is 2. The van der Waals surface area contributed by atoms with E-state index in [-0.39, 0.29) is 5.54 Å². The topological polar surface area (TPSA) is 64.9 Å². The first-order valence-electron chi connectivity index (χ1n) is 6.34. The number of nitrogens with two attached hydrogens (primary N) is 1. The van der Waals surface area contributed by atoms with Crippen LogP contribution < -0.4 is 5.73 Å². The summed E-state index contributed by atoms with van der Waals surface area (Å²) in [6.45, 7) is 2.09. The summed E-state index contributed by atoms with van der Waals surface area (Å²) in [6, 6.07) is 8.24. The van der Waals surface area contributed by atoms with Crippen LogP contribution in [0.25, 0.3) is 0 Å². The van der Waals surface area contributed by atoms with Crippen LogP contribution in [0.1, 0.15) is 42.1 Å². The molecule has 1 aliphatic rings. The van der Waals surface area contributed by atoms with Gasteiger partial charge in [0, 0.05) is 6.42 Å². The zero-order valence-electron chi connectivity index (χ0n) is 10.5. The number of benzene rings is 1. The van der Waals surface area contributed by atoms with Crippen LogP contribution in [-0.4, -0.2) is 10.1 Å². The van der Waals surface area contributed by atoms with Crippen LogP contribution in [0.2, 0.25) is 0 Å². The van der Waals surface area contributed by atoms with Gasteiger partial charge < -0.3 is 10.3 Å². The summed E-state index contributed by atoms with van der Waals surface area (Å²) in [5.41, 5.74) is 8.27.